The van der Waals surface area contributed by atoms with Gasteiger partial charge in [-0.3, -0.25) is 4.90 Å². The number of halogens is 1. The van der Waals surface area contributed by atoms with Crippen molar-refractivity contribution in [3.63, 3.8) is 0 Å². The van der Waals surface area contributed by atoms with Gasteiger partial charge in [0.25, 0.3) is 0 Å². The van der Waals surface area contributed by atoms with Gasteiger partial charge in [0.2, 0.25) is 0 Å². The van der Waals surface area contributed by atoms with Crippen molar-refractivity contribution in [1.82, 2.24) is 10.2 Å². The number of hydrogen-bond acceptors (Lipinski definition) is 2. The predicted molar refractivity (Wildman–Crippen MR) is 75.4 cm³/mol. The van der Waals surface area contributed by atoms with Gasteiger partial charge in [0.05, 0.1) is 0 Å². The molecule has 3 rings (SSSR count). The monoisotopic (exact) mass is 262 g/mol. The molecule has 0 bridgehead atoms. The van der Waals surface area contributed by atoms with Crippen LogP contribution < -0.4 is 5.32 Å². The summed E-state index contributed by atoms with van der Waals surface area (Å²) < 4.78 is 13.7. The highest BCUT2D eigenvalue weighted by atomic mass is 19.1. The summed E-state index contributed by atoms with van der Waals surface area (Å²) in [5.74, 6) is -0.0626. The van der Waals surface area contributed by atoms with Crippen LogP contribution in [-0.4, -0.2) is 31.1 Å². The van der Waals surface area contributed by atoms with Crippen LogP contribution in [0, 0.1) is 11.2 Å². The van der Waals surface area contributed by atoms with Crippen molar-refractivity contribution in [3.8, 4) is 0 Å². The first-order valence-corrected chi connectivity index (χ1v) is 7.44. The first kappa shape index (κ1) is 13.1. The van der Waals surface area contributed by atoms with E-state index in [9.17, 15) is 4.39 Å². The Labute approximate surface area is 115 Å². The van der Waals surface area contributed by atoms with Crippen LogP contribution in [0.15, 0.2) is 24.3 Å². The molecule has 0 saturated carbocycles. The van der Waals surface area contributed by atoms with Crippen molar-refractivity contribution in [3.05, 3.63) is 35.6 Å². The molecular weight excluding hydrogens is 239 g/mol. The molecule has 2 saturated heterocycles. The molecule has 1 aromatic carbocycles. The molecule has 1 N–H and O–H groups in total. The third kappa shape index (κ3) is 2.98. The SMILES string of the molecule is Fc1ccccc1CN1CCCC2(CCNCC2)C1. The van der Waals surface area contributed by atoms with E-state index in [2.05, 4.69) is 10.2 Å². The van der Waals surface area contributed by atoms with Crippen molar-refractivity contribution >= 4 is 0 Å². The molecule has 0 aromatic heterocycles. The quantitative estimate of drug-likeness (QED) is 0.881. The normalized spacial score (nSPS) is 23.6. The fourth-order valence-electron chi connectivity index (χ4n) is 3.68. The van der Waals surface area contributed by atoms with E-state index in [1.54, 1.807) is 12.1 Å². The number of hydrogen-bond donors (Lipinski definition) is 1. The summed E-state index contributed by atoms with van der Waals surface area (Å²) in [6, 6.07) is 7.19. The molecule has 0 atom stereocenters. The molecule has 1 spiro atoms. The van der Waals surface area contributed by atoms with Crippen LogP contribution in [0.4, 0.5) is 4.39 Å². The van der Waals surface area contributed by atoms with Crippen molar-refractivity contribution < 1.29 is 4.39 Å². The maximum absolute atomic E-state index is 13.7. The van der Waals surface area contributed by atoms with E-state index < -0.39 is 0 Å². The zero-order chi connectivity index (χ0) is 13.1. The molecule has 0 amide bonds. The second-order valence-electron chi connectivity index (χ2n) is 6.16. The Morgan fingerprint density at radius 2 is 1.95 bits per heavy atom. The maximum Gasteiger partial charge on any atom is 0.127 e. The molecule has 0 aliphatic carbocycles. The number of nitrogens with zero attached hydrogens (tertiary/aromatic N) is 1. The summed E-state index contributed by atoms with van der Waals surface area (Å²) >= 11 is 0. The molecule has 2 nitrogen and oxygen atoms in total. The van der Waals surface area contributed by atoms with Gasteiger partial charge in [-0.05, 0) is 56.8 Å². The summed E-state index contributed by atoms with van der Waals surface area (Å²) in [7, 11) is 0. The highest BCUT2D eigenvalue weighted by Crippen LogP contribution is 2.38. The van der Waals surface area contributed by atoms with Crippen LogP contribution in [0.1, 0.15) is 31.2 Å². The van der Waals surface area contributed by atoms with E-state index in [1.165, 1.54) is 25.7 Å². The van der Waals surface area contributed by atoms with Crippen LogP contribution in [0.2, 0.25) is 0 Å². The van der Waals surface area contributed by atoms with Gasteiger partial charge >= 0.3 is 0 Å². The van der Waals surface area contributed by atoms with Gasteiger partial charge in [0.15, 0.2) is 0 Å². The molecule has 104 valence electrons. The minimum Gasteiger partial charge on any atom is -0.317 e. The van der Waals surface area contributed by atoms with Gasteiger partial charge in [-0.1, -0.05) is 18.2 Å². The topological polar surface area (TPSA) is 15.3 Å². The van der Waals surface area contributed by atoms with Crippen molar-refractivity contribution in [2.45, 2.75) is 32.2 Å². The second kappa shape index (κ2) is 5.59. The Balaban J connectivity index is 1.67. The lowest BCUT2D eigenvalue weighted by atomic mass is 9.73. The smallest absolute Gasteiger partial charge is 0.127 e. The zero-order valence-corrected chi connectivity index (χ0v) is 11.5. The van der Waals surface area contributed by atoms with E-state index in [-0.39, 0.29) is 5.82 Å². The maximum atomic E-state index is 13.7. The number of benzene rings is 1. The molecule has 0 radical (unpaired) electrons. The Morgan fingerprint density at radius 3 is 2.74 bits per heavy atom. The molecule has 0 unspecified atom stereocenters. The van der Waals surface area contributed by atoms with E-state index in [1.807, 2.05) is 12.1 Å². The van der Waals surface area contributed by atoms with Gasteiger partial charge in [-0.15, -0.1) is 0 Å². The zero-order valence-electron chi connectivity index (χ0n) is 11.5. The van der Waals surface area contributed by atoms with Crippen LogP contribution >= 0.6 is 0 Å². The van der Waals surface area contributed by atoms with Crippen LogP contribution in [-0.2, 0) is 6.54 Å². The van der Waals surface area contributed by atoms with E-state index in [0.29, 0.717) is 5.41 Å². The molecule has 2 heterocycles. The van der Waals surface area contributed by atoms with E-state index in [4.69, 9.17) is 0 Å². The molecular formula is C16H23FN2. The number of nitrogens with one attached hydrogen (secondary N) is 1. The molecule has 19 heavy (non-hydrogen) atoms. The van der Waals surface area contributed by atoms with E-state index in [0.717, 1.165) is 38.3 Å². The molecule has 2 fully saturated rings. The average molecular weight is 262 g/mol. The molecule has 3 heteroatoms. The van der Waals surface area contributed by atoms with Gasteiger partial charge in [0.1, 0.15) is 5.82 Å². The number of rotatable bonds is 2. The summed E-state index contributed by atoms with van der Waals surface area (Å²) in [5.41, 5.74) is 1.34. The van der Waals surface area contributed by atoms with Crippen LogP contribution in [0.25, 0.3) is 0 Å². The Bertz CT molecular complexity index is 421. The fraction of sp³-hybridized carbons (Fsp3) is 0.625. The summed E-state index contributed by atoms with van der Waals surface area (Å²) in [6.07, 6.45) is 5.17. The largest absolute Gasteiger partial charge is 0.317 e. The van der Waals surface area contributed by atoms with Gasteiger partial charge in [-0.25, -0.2) is 4.39 Å². The first-order chi connectivity index (χ1) is 9.27. The lowest BCUT2D eigenvalue weighted by molar-refractivity contribution is 0.0545. The highest BCUT2D eigenvalue weighted by Gasteiger charge is 2.36. The van der Waals surface area contributed by atoms with Crippen molar-refractivity contribution in [2.75, 3.05) is 26.2 Å². The third-order valence-electron chi connectivity index (χ3n) is 4.76. The summed E-state index contributed by atoms with van der Waals surface area (Å²) in [6.45, 7) is 5.31. The molecule has 2 aliphatic heterocycles. The minimum atomic E-state index is -0.0626. The fourth-order valence-corrected chi connectivity index (χ4v) is 3.68. The Kier molecular flexibility index (Phi) is 3.85. The third-order valence-corrected chi connectivity index (χ3v) is 4.76. The van der Waals surface area contributed by atoms with E-state index >= 15 is 0 Å². The lowest BCUT2D eigenvalue weighted by Crippen LogP contribution is -2.48. The van der Waals surface area contributed by atoms with Gasteiger partial charge in [-0.2, -0.15) is 0 Å². The van der Waals surface area contributed by atoms with Crippen molar-refractivity contribution in [2.24, 2.45) is 5.41 Å². The summed E-state index contributed by atoms with van der Waals surface area (Å²) in [5, 5.41) is 3.45. The number of piperidine rings is 2. The van der Waals surface area contributed by atoms with Crippen LogP contribution in [0.5, 0.6) is 0 Å². The Hall–Kier alpha value is -0.930. The van der Waals surface area contributed by atoms with Gasteiger partial charge in [0, 0.05) is 18.7 Å². The molecule has 1 aromatic rings. The minimum absolute atomic E-state index is 0.0626. The van der Waals surface area contributed by atoms with Crippen LogP contribution in [0.3, 0.4) is 0 Å². The van der Waals surface area contributed by atoms with Gasteiger partial charge < -0.3 is 5.32 Å². The summed E-state index contributed by atoms with van der Waals surface area (Å²) in [4.78, 5) is 2.45. The predicted octanol–water partition coefficient (Wildman–Crippen LogP) is 2.79. The number of likely N-dealkylation sites (tertiary alicyclic amines) is 1. The second-order valence-corrected chi connectivity index (χ2v) is 6.16. The first-order valence-electron chi connectivity index (χ1n) is 7.44. The average Bonchev–Trinajstić information content (AvgIpc) is 2.42. The van der Waals surface area contributed by atoms with Crippen molar-refractivity contribution in [1.29, 1.82) is 0 Å². The lowest BCUT2D eigenvalue weighted by Gasteiger charge is -2.45. The molecule has 2 aliphatic rings. The highest BCUT2D eigenvalue weighted by molar-refractivity contribution is 5.17. The Morgan fingerprint density at radius 1 is 1.16 bits per heavy atom. The standard InChI is InChI=1S/C16H23FN2/c17-15-5-2-1-4-14(15)12-19-11-3-6-16(13-19)7-9-18-10-8-16/h1-2,4-5,18H,3,6-13H2.